The number of ether oxygens (including phenoxy) is 2. The molecule has 4 rings (SSSR count). The lowest BCUT2D eigenvalue weighted by Crippen LogP contribution is -2.47. The Balaban J connectivity index is 1.42. The van der Waals surface area contributed by atoms with E-state index in [2.05, 4.69) is 11.1 Å². The number of fused-ring (bicyclic) bond motifs is 1. The first-order valence-electron chi connectivity index (χ1n) is 10.9. The molecule has 1 aromatic heterocycles. The number of hydrogen-bond acceptors (Lipinski definition) is 5. The van der Waals surface area contributed by atoms with Gasteiger partial charge in [0.1, 0.15) is 19.0 Å². The lowest BCUT2D eigenvalue weighted by Gasteiger charge is -2.40. The molecule has 0 aliphatic carbocycles. The maximum atomic E-state index is 13.0. The highest BCUT2D eigenvalue weighted by Crippen LogP contribution is 2.39. The van der Waals surface area contributed by atoms with E-state index < -0.39 is 5.41 Å². The number of para-hydroxylation sites is 1. The van der Waals surface area contributed by atoms with Gasteiger partial charge in [-0.2, -0.15) is 0 Å². The van der Waals surface area contributed by atoms with E-state index in [1.807, 2.05) is 18.2 Å². The molecule has 2 aliphatic heterocycles. The number of rotatable bonds is 1. The van der Waals surface area contributed by atoms with Crippen LogP contribution in [0, 0.1) is 5.41 Å². The predicted molar refractivity (Wildman–Crippen MR) is 115 cm³/mol. The van der Waals surface area contributed by atoms with Gasteiger partial charge < -0.3 is 19.4 Å². The first-order valence-corrected chi connectivity index (χ1v) is 10.9. The van der Waals surface area contributed by atoms with Crippen molar-refractivity contribution in [3.8, 4) is 5.75 Å². The Morgan fingerprint density at radius 2 is 1.71 bits per heavy atom. The van der Waals surface area contributed by atoms with Gasteiger partial charge >= 0.3 is 5.97 Å². The van der Waals surface area contributed by atoms with Gasteiger partial charge in [0.15, 0.2) is 0 Å². The number of cyclic esters (lactones) is 1. The third kappa shape index (κ3) is 4.81. The number of aromatic amines is 1. The monoisotopic (exact) mass is 424 g/mol. The summed E-state index contributed by atoms with van der Waals surface area (Å²) < 4.78 is 11.4. The summed E-state index contributed by atoms with van der Waals surface area (Å²) in [4.78, 5) is 41.3. The maximum Gasteiger partial charge on any atom is 0.312 e. The van der Waals surface area contributed by atoms with Crippen LogP contribution in [-0.2, 0) is 16.0 Å². The minimum atomic E-state index is -0.555. The molecule has 7 heteroatoms. The van der Waals surface area contributed by atoms with Gasteiger partial charge in [-0.3, -0.25) is 14.4 Å². The zero-order valence-corrected chi connectivity index (χ0v) is 17.6. The third-order valence-corrected chi connectivity index (χ3v) is 6.37. The van der Waals surface area contributed by atoms with Crippen LogP contribution in [-0.4, -0.2) is 48.1 Å². The Kier molecular flexibility index (Phi) is 6.39. The van der Waals surface area contributed by atoms with Gasteiger partial charge in [-0.15, -0.1) is 0 Å². The highest BCUT2D eigenvalue weighted by atomic mass is 16.6. The fraction of sp³-hybridized carbons (Fsp3) is 0.458. The van der Waals surface area contributed by atoms with Crippen LogP contribution in [0.15, 0.2) is 47.4 Å². The summed E-state index contributed by atoms with van der Waals surface area (Å²) in [6.45, 7) is 1.53. The van der Waals surface area contributed by atoms with Crippen molar-refractivity contribution in [3.63, 3.8) is 0 Å². The Hall–Kier alpha value is -3.09. The smallest absolute Gasteiger partial charge is 0.312 e. The summed E-state index contributed by atoms with van der Waals surface area (Å²) in [5.41, 5.74) is 0.842. The molecule has 1 amide bonds. The Morgan fingerprint density at radius 1 is 0.935 bits per heavy atom. The molecule has 1 N–H and O–H groups in total. The zero-order chi connectivity index (χ0) is 21.7. The highest BCUT2D eigenvalue weighted by Gasteiger charge is 2.43. The van der Waals surface area contributed by atoms with Crippen LogP contribution in [0.2, 0.25) is 0 Å². The lowest BCUT2D eigenvalue weighted by atomic mass is 9.74. The van der Waals surface area contributed by atoms with Crippen LogP contribution in [0.4, 0.5) is 0 Å². The Labute approximate surface area is 181 Å². The summed E-state index contributed by atoms with van der Waals surface area (Å²) >= 11 is 0. The van der Waals surface area contributed by atoms with Gasteiger partial charge in [0, 0.05) is 25.4 Å². The predicted octanol–water partition coefficient (Wildman–Crippen LogP) is 2.95. The number of hydrogen-bond donors (Lipinski definition) is 1. The summed E-state index contributed by atoms with van der Waals surface area (Å²) in [7, 11) is 0. The van der Waals surface area contributed by atoms with E-state index in [4.69, 9.17) is 9.47 Å². The number of likely N-dealkylation sites (tertiary alicyclic amines) is 1. The van der Waals surface area contributed by atoms with Gasteiger partial charge in [0.2, 0.25) is 5.56 Å². The molecule has 0 bridgehead atoms. The second-order valence-electron chi connectivity index (χ2n) is 8.31. The van der Waals surface area contributed by atoms with Crippen molar-refractivity contribution in [2.24, 2.45) is 5.41 Å². The van der Waals surface area contributed by atoms with Crippen molar-refractivity contribution >= 4 is 11.9 Å². The number of aromatic nitrogens is 1. The SMILES string of the molecule is O=C(c1ccc(=O)[nH]c1)N1CCC2(CCCCc3ccccc3OCCOC2=O)CC1. The number of piperidine rings is 1. The van der Waals surface area contributed by atoms with Gasteiger partial charge in [-0.25, -0.2) is 0 Å². The quantitative estimate of drug-likeness (QED) is 0.711. The molecule has 0 atom stereocenters. The van der Waals surface area contributed by atoms with E-state index >= 15 is 0 Å². The highest BCUT2D eigenvalue weighted by molar-refractivity contribution is 5.94. The summed E-state index contributed by atoms with van der Waals surface area (Å²) in [6, 6.07) is 10.9. The van der Waals surface area contributed by atoms with Crippen molar-refractivity contribution in [2.45, 2.75) is 38.5 Å². The van der Waals surface area contributed by atoms with Crippen LogP contribution in [0.25, 0.3) is 0 Å². The van der Waals surface area contributed by atoms with Gasteiger partial charge in [0.25, 0.3) is 5.91 Å². The van der Waals surface area contributed by atoms with Crippen LogP contribution >= 0.6 is 0 Å². The van der Waals surface area contributed by atoms with Crippen molar-refractivity contribution in [2.75, 3.05) is 26.3 Å². The number of pyridine rings is 1. The topological polar surface area (TPSA) is 88.7 Å². The molecule has 0 saturated carbocycles. The fourth-order valence-electron chi connectivity index (χ4n) is 4.49. The number of carbonyl (C=O) groups is 2. The molecule has 1 spiro atoms. The number of carbonyl (C=O) groups excluding carboxylic acids is 2. The molecule has 3 heterocycles. The zero-order valence-electron chi connectivity index (χ0n) is 17.6. The molecule has 2 aromatic rings. The number of aryl methyl sites for hydroxylation is 1. The fourth-order valence-corrected chi connectivity index (χ4v) is 4.49. The number of benzene rings is 1. The lowest BCUT2D eigenvalue weighted by molar-refractivity contribution is -0.160. The Bertz CT molecular complexity index is 971. The van der Waals surface area contributed by atoms with Crippen LogP contribution in [0.5, 0.6) is 5.75 Å². The third-order valence-electron chi connectivity index (χ3n) is 6.37. The van der Waals surface area contributed by atoms with E-state index in [9.17, 15) is 14.4 Å². The first-order chi connectivity index (χ1) is 15.1. The van der Waals surface area contributed by atoms with Crippen LogP contribution < -0.4 is 10.3 Å². The summed E-state index contributed by atoms with van der Waals surface area (Å²) in [6.07, 6.45) is 6.16. The van der Waals surface area contributed by atoms with Gasteiger partial charge in [-0.1, -0.05) is 24.6 Å². The maximum absolute atomic E-state index is 13.0. The van der Waals surface area contributed by atoms with E-state index in [0.717, 1.165) is 31.4 Å². The van der Waals surface area contributed by atoms with E-state index in [0.29, 0.717) is 38.1 Å². The van der Waals surface area contributed by atoms with E-state index in [1.165, 1.54) is 23.9 Å². The molecular formula is C24H28N2O5. The second-order valence-corrected chi connectivity index (χ2v) is 8.31. The van der Waals surface area contributed by atoms with E-state index in [1.54, 1.807) is 4.90 Å². The molecule has 0 radical (unpaired) electrons. The molecule has 1 aromatic carbocycles. The van der Waals surface area contributed by atoms with Crippen molar-refractivity contribution in [3.05, 3.63) is 64.1 Å². The van der Waals surface area contributed by atoms with Crippen LogP contribution in [0.1, 0.15) is 48.0 Å². The van der Waals surface area contributed by atoms with Crippen molar-refractivity contribution in [1.29, 1.82) is 0 Å². The van der Waals surface area contributed by atoms with Gasteiger partial charge in [0.05, 0.1) is 11.0 Å². The average Bonchev–Trinajstić information content (AvgIpc) is 2.80. The second kappa shape index (κ2) is 9.37. The number of H-pyrrole nitrogens is 1. The summed E-state index contributed by atoms with van der Waals surface area (Å²) in [5.74, 6) is 0.557. The molecule has 7 nitrogen and oxygen atoms in total. The molecule has 0 unspecified atom stereocenters. The molecule has 2 aliphatic rings. The molecule has 31 heavy (non-hydrogen) atoms. The van der Waals surface area contributed by atoms with Crippen molar-refractivity contribution in [1.82, 2.24) is 9.88 Å². The van der Waals surface area contributed by atoms with Crippen LogP contribution in [0.3, 0.4) is 0 Å². The molecule has 1 saturated heterocycles. The standard InChI is InChI=1S/C24H28N2O5/c27-21-9-8-19(17-25-21)22(28)26-13-11-24(12-14-26)10-4-3-6-18-5-1-2-7-20(18)30-15-16-31-23(24)29/h1-2,5,7-9,17H,3-4,6,10-16H2,(H,25,27). The average molecular weight is 424 g/mol. The minimum Gasteiger partial charge on any atom is -0.490 e. The first kappa shape index (κ1) is 21.2. The largest absolute Gasteiger partial charge is 0.490 e. The Morgan fingerprint density at radius 3 is 2.48 bits per heavy atom. The number of nitrogens with zero attached hydrogens (tertiary/aromatic N) is 1. The molecular weight excluding hydrogens is 396 g/mol. The van der Waals surface area contributed by atoms with Crippen molar-refractivity contribution < 1.29 is 19.1 Å². The minimum absolute atomic E-state index is 0.127. The van der Waals surface area contributed by atoms with Gasteiger partial charge in [-0.05, 0) is 49.8 Å². The molecule has 1 fully saturated rings. The molecule has 164 valence electrons. The summed E-state index contributed by atoms with van der Waals surface area (Å²) in [5, 5.41) is 0. The van der Waals surface area contributed by atoms with E-state index in [-0.39, 0.29) is 24.0 Å². The number of esters is 1. The number of nitrogens with one attached hydrogen (secondary N) is 1. The number of amides is 1. The normalized spacial score (nSPS) is 19.4.